The van der Waals surface area contributed by atoms with Gasteiger partial charge in [0.15, 0.2) is 11.8 Å². The maximum absolute atomic E-state index is 13.4. The first-order valence-electron chi connectivity index (χ1n) is 10.8. The number of carbonyl (C=O) groups excluding carboxylic acids is 2. The number of nitrogens with one attached hydrogen (secondary N) is 2. The van der Waals surface area contributed by atoms with Gasteiger partial charge in [-0.05, 0) is 75.1 Å². The van der Waals surface area contributed by atoms with E-state index in [2.05, 4.69) is 15.7 Å². The lowest BCUT2D eigenvalue weighted by Crippen LogP contribution is -2.34. The smallest absolute Gasteiger partial charge is 0.276 e. The van der Waals surface area contributed by atoms with Crippen LogP contribution < -0.4 is 15.4 Å². The Balaban J connectivity index is 1.47. The number of amides is 2. The molecule has 0 radical (unpaired) electrons. The van der Waals surface area contributed by atoms with Crippen LogP contribution >= 0.6 is 0 Å². The minimum atomic E-state index is -0.561. The molecular formula is C24H23FN4O3. The highest BCUT2D eigenvalue weighted by Gasteiger charge is 2.26. The van der Waals surface area contributed by atoms with Crippen LogP contribution in [0.15, 0.2) is 42.5 Å². The molecule has 1 aromatic heterocycles. The van der Waals surface area contributed by atoms with Crippen LogP contribution in [0.5, 0.6) is 5.75 Å². The number of benzene rings is 2. The molecule has 1 aliphatic heterocycles. The van der Waals surface area contributed by atoms with Crippen LogP contribution in [-0.4, -0.2) is 27.7 Å². The fourth-order valence-electron chi connectivity index (χ4n) is 4.23. The number of nitrogens with zero attached hydrogens (tertiary/aromatic N) is 2. The van der Waals surface area contributed by atoms with E-state index >= 15 is 0 Å². The molecule has 0 saturated heterocycles. The molecule has 1 aliphatic carbocycles. The van der Waals surface area contributed by atoms with Crippen LogP contribution in [-0.2, 0) is 17.6 Å². The van der Waals surface area contributed by atoms with E-state index in [0.29, 0.717) is 22.8 Å². The highest BCUT2D eigenvalue weighted by atomic mass is 19.1. The van der Waals surface area contributed by atoms with Crippen molar-refractivity contribution in [1.82, 2.24) is 9.78 Å². The third kappa shape index (κ3) is 3.72. The zero-order valence-corrected chi connectivity index (χ0v) is 17.7. The van der Waals surface area contributed by atoms with Crippen molar-refractivity contribution in [2.24, 2.45) is 0 Å². The fourth-order valence-corrected chi connectivity index (χ4v) is 4.23. The number of hydrogen-bond donors (Lipinski definition) is 2. The summed E-state index contributed by atoms with van der Waals surface area (Å²) < 4.78 is 20.8. The van der Waals surface area contributed by atoms with Crippen LogP contribution in [0.3, 0.4) is 0 Å². The molecule has 0 spiro atoms. The normalized spacial score (nSPS) is 17.4. The second kappa shape index (κ2) is 8.11. The van der Waals surface area contributed by atoms with Gasteiger partial charge in [-0.1, -0.05) is 6.42 Å². The molecule has 2 heterocycles. The average molecular weight is 434 g/mol. The maximum Gasteiger partial charge on any atom is 0.276 e. The van der Waals surface area contributed by atoms with Crippen molar-refractivity contribution < 1.29 is 18.7 Å². The van der Waals surface area contributed by atoms with Crippen molar-refractivity contribution in [1.29, 1.82) is 0 Å². The van der Waals surface area contributed by atoms with Gasteiger partial charge >= 0.3 is 0 Å². The van der Waals surface area contributed by atoms with Crippen molar-refractivity contribution >= 4 is 23.2 Å². The summed E-state index contributed by atoms with van der Waals surface area (Å²) in [6, 6.07) is 11.3. The molecule has 2 aromatic carbocycles. The number of hydrogen-bond acceptors (Lipinski definition) is 4. The van der Waals surface area contributed by atoms with Gasteiger partial charge in [0, 0.05) is 16.9 Å². The molecule has 2 N–H and O–H groups in total. The quantitative estimate of drug-likeness (QED) is 0.604. The molecule has 2 aliphatic rings. The van der Waals surface area contributed by atoms with E-state index in [9.17, 15) is 14.0 Å². The van der Waals surface area contributed by atoms with Crippen LogP contribution in [0.4, 0.5) is 15.8 Å². The van der Waals surface area contributed by atoms with Gasteiger partial charge in [-0.2, -0.15) is 5.10 Å². The number of carbonyl (C=O) groups is 2. The van der Waals surface area contributed by atoms with Gasteiger partial charge in [0.05, 0.1) is 11.4 Å². The van der Waals surface area contributed by atoms with E-state index in [1.807, 2.05) is 0 Å². The Morgan fingerprint density at radius 2 is 1.94 bits per heavy atom. The van der Waals surface area contributed by atoms with Crippen LogP contribution in [0.1, 0.15) is 47.9 Å². The summed E-state index contributed by atoms with van der Waals surface area (Å²) in [5.74, 6) is -0.308. The Kier molecular flexibility index (Phi) is 5.13. The number of anilines is 2. The molecule has 0 bridgehead atoms. The number of rotatable bonds is 3. The van der Waals surface area contributed by atoms with Gasteiger partial charge in [0.25, 0.3) is 11.8 Å². The summed E-state index contributed by atoms with van der Waals surface area (Å²) in [5, 5.41) is 10.3. The molecule has 0 fully saturated rings. The van der Waals surface area contributed by atoms with E-state index in [-0.39, 0.29) is 17.6 Å². The largest absolute Gasteiger partial charge is 0.479 e. The molecule has 8 heteroatoms. The van der Waals surface area contributed by atoms with Crippen LogP contribution in [0.2, 0.25) is 0 Å². The summed E-state index contributed by atoms with van der Waals surface area (Å²) in [5.41, 5.74) is 4.09. The molecular weight excluding hydrogens is 411 g/mol. The van der Waals surface area contributed by atoms with Gasteiger partial charge in [0.1, 0.15) is 11.6 Å². The molecule has 7 nitrogen and oxygen atoms in total. The first-order valence-corrected chi connectivity index (χ1v) is 10.8. The first kappa shape index (κ1) is 20.2. The second-order valence-corrected chi connectivity index (χ2v) is 8.14. The van der Waals surface area contributed by atoms with Crippen molar-refractivity contribution in [2.45, 2.75) is 45.1 Å². The third-order valence-corrected chi connectivity index (χ3v) is 5.88. The zero-order valence-electron chi connectivity index (χ0n) is 17.7. The lowest BCUT2D eigenvalue weighted by atomic mass is 10.1. The number of aromatic nitrogens is 2. The van der Waals surface area contributed by atoms with E-state index in [1.54, 1.807) is 41.9 Å². The predicted molar refractivity (Wildman–Crippen MR) is 118 cm³/mol. The molecule has 1 atom stereocenters. The summed E-state index contributed by atoms with van der Waals surface area (Å²) in [4.78, 5) is 25.1. The molecule has 0 saturated carbocycles. The van der Waals surface area contributed by atoms with E-state index in [4.69, 9.17) is 4.74 Å². The predicted octanol–water partition coefficient (Wildman–Crippen LogP) is 4.25. The van der Waals surface area contributed by atoms with E-state index in [0.717, 1.165) is 49.0 Å². The zero-order chi connectivity index (χ0) is 22.2. The third-order valence-electron chi connectivity index (χ3n) is 5.88. The minimum Gasteiger partial charge on any atom is -0.479 e. The van der Waals surface area contributed by atoms with Gasteiger partial charge in [-0.3, -0.25) is 9.59 Å². The SMILES string of the molecule is C[C@@H]1Oc2ccc(NC(=O)c3nn(-c4ccc(F)cc4)c4c3CCCCC4)cc2NC1=O. The molecule has 0 unspecified atom stereocenters. The first-order chi connectivity index (χ1) is 15.5. The monoisotopic (exact) mass is 434 g/mol. The summed E-state index contributed by atoms with van der Waals surface area (Å²) in [7, 11) is 0. The summed E-state index contributed by atoms with van der Waals surface area (Å²) >= 11 is 0. The second-order valence-electron chi connectivity index (χ2n) is 8.14. The highest BCUT2D eigenvalue weighted by Crippen LogP contribution is 2.33. The summed E-state index contributed by atoms with van der Waals surface area (Å²) in [6.07, 6.45) is 4.11. The molecule has 3 aromatic rings. The Bertz CT molecular complexity index is 1200. The number of halogens is 1. The molecule has 164 valence electrons. The Labute approximate surface area is 184 Å². The van der Waals surface area contributed by atoms with Gasteiger partial charge in [0.2, 0.25) is 0 Å². The van der Waals surface area contributed by atoms with E-state index in [1.165, 1.54) is 12.1 Å². The standard InChI is InChI=1S/C24H23FN4O3/c1-14-23(30)27-19-13-16(9-12-21(19)32-14)26-24(31)22-18-5-3-2-4-6-20(18)29(28-22)17-10-7-15(25)8-11-17/h7-14H,2-6H2,1H3,(H,26,31)(H,27,30)/t14-/m0/s1. The lowest BCUT2D eigenvalue weighted by molar-refractivity contribution is -0.122. The average Bonchev–Trinajstić information content (AvgIpc) is 2.96. The Morgan fingerprint density at radius 1 is 1.16 bits per heavy atom. The Hall–Kier alpha value is -3.68. The Morgan fingerprint density at radius 3 is 2.75 bits per heavy atom. The topological polar surface area (TPSA) is 85.2 Å². The fraction of sp³-hybridized carbons (Fsp3) is 0.292. The molecule has 32 heavy (non-hydrogen) atoms. The molecule has 2 amide bonds. The van der Waals surface area contributed by atoms with Gasteiger partial charge in [-0.25, -0.2) is 9.07 Å². The minimum absolute atomic E-state index is 0.232. The summed E-state index contributed by atoms with van der Waals surface area (Å²) in [6.45, 7) is 1.68. The van der Waals surface area contributed by atoms with Crippen molar-refractivity contribution in [3.8, 4) is 11.4 Å². The highest BCUT2D eigenvalue weighted by molar-refractivity contribution is 6.05. The van der Waals surface area contributed by atoms with Gasteiger partial charge < -0.3 is 15.4 Å². The van der Waals surface area contributed by atoms with Crippen LogP contribution in [0.25, 0.3) is 5.69 Å². The van der Waals surface area contributed by atoms with Crippen molar-refractivity contribution in [2.75, 3.05) is 10.6 Å². The van der Waals surface area contributed by atoms with Crippen molar-refractivity contribution in [3.63, 3.8) is 0 Å². The van der Waals surface area contributed by atoms with Crippen LogP contribution in [0, 0.1) is 5.82 Å². The number of fused-ring (bicyclic) bond motifs is 2. The number of ether oxygens (including phenoxy) is 1. The van der Waals surface area contributed by atoms with E-state index < -0.39 is 6.10 Å². The maximum atomic E-state index is 13.4. The molecule has 5 rings (SSSR count). The van der Waals surface area contributed by atoms with Gasteiger partial charge in [-0.15, -0.1) is 0 Å². The lowest BCUT2D eigenvalue weighted by Gasteiger charge is -2.23. The van der Waals surface area contributed by atoms with Crippen molar-refractivity contribution in [3.05, 3.63) is 65.2 Å².